The molecule has 2 aromatic rings. The molecule has 1 aliphatic rings. The van der Waals surface area contributed by atoms with E-state index in [0.29, 0.717) is 10.6 Å². The monoisotopic (exact) mass is 337 g/mol. The summed E-state index contributed by atoms with van der Waals surface area (Å²) in [5.74, 6) is -0.448. The van der Waals surface area contributed by atoms with Gasteiger partial charge in [0.05, 0.1) is 11.4 Å². The second-order valence-electron chi connectivity index (χ2n) is 5.63. The topological polar surface area (TPSA) is 20.3 Å². The van der Waals surface area contributed by atoms with Crippen molar-refractivity contribution in [2.24, 2.45) is 0 Å². The van der Waals surface area contributed by atoms with Crippen LogP contribution in [0.4, 0.5) is 4.39 Å². The summed E-state index contributed by atoms with van der Waals surface area (Å²) in [5.41, 5.74) is 1.67. The molecule has 0 saturated carbocycles. The third-order valence-electron chi connectivity index (χ3n) is 4.01. The van der Waals surface area contributed by atoms with Gasteiger partial charge in [0, 0.05) is 22.5 Å². The van der Waals surface area contributed by atoms with Crippen molar-refractivity contribution in [2.45, 2.75) is 32.2 Å². The summed E-state index contributed by atoms with van der Waals surface area (Å²) in [6, 6.07) is 6.57. The molecule has 116 valence electrons. The van der Waals surface area contributed by atoms with Crippen molar-refractivity contribution in [1.29, 1.82) is 0 Å². The van der Waals surface area contributed by atoms with Crippen molar-refractivity contribution in [3.8, 4) is 0 Å². The van der Waals surface area contributed by atoms with E-state index in [9.17, 15) is 9.18 Å². The van der Waals surface area contributed by atoms with Crippen molar-refractivity contribution in [1.82, 2.24) is 4.90 Å². The molecule has 1 aromatic carbocycles. The molecule has 22 heavy (non-hydrogen) atoms. The van der Waals surface area contributed by atoms with Gasteiger partial charge in [-0.2, -0.15) is 0 Å². The zero-order valence-corrected chi connectivity index (χ0v) is 13.9. The molecule has 1 heterocycles. The second kappa shape index (κ2) is 6.39. The Bertz CT molecular complexity index is 669. The first-order valence-electron chi connectivity index (χ1n) is 7.36. The van der Waals surface area contributed by atoms with Crippen LogP contribution in [0.25, 0.3) is 0 Å². The normalized spacial score (nSPS) is 13.8. The minimum absolute atomic E-state index is 0.0706. The van der Waals surface area contributed by atoms with E-state index < -0.39 is 0 Å². The number of halogens is 2. The van der Waals surface area contributed by atoms with E-state index in [0.717, 1.165) is 17.7 Å². The van der Waals surface area contributed by atoms with Gasteiger partial charge in [-0.25, -0.2) is 4.39 Å². The summed E-state index contributed by atoms with van der Waals surface area (Å²) < 4.78 is 13.8. The average Bonchev–Trinajstić information content (AvgIpc) is 2.94. The molecule has 3 rings (SSSR count). The van der Waals surface area contributed by atoms with Crippen LogP contribution in [0.5, 0.6) is 0 Å². The highest BCUT2D eigenvalue weighted by molar-refractivity contribution is 7.14. The maximum atomic E-state index is 13.8. The highest BCUT2D eigenvalue weighted by Gasteiger charge is 2.21. The number of amides is 1. The Hall–Kier alpha value is -1.39. The van der Waals surface area contributed by atoms with Gasteiger partial charge in [0.2, 0.25) is 0 Å². The Morgan fingerprint density at radius 3 is 2.86 bits per heavy atom. The number of fused-ring (bicyclic) bond motifs is 1. The second-order valence-corrected chi connectivity index (χ2v) is 7.17. The van der Waals surface area contributed by atoms with Crippen LogP contribution in [0.15, 0.2) is 24.3 Å². The number of carbonyl (C=O) groups excluding carboxylic acids is 1. The van der Waals surface area contributed by atoms with E-state index in [1.165, 1.54) is 34.2 Å². The summed E-state index contributed by atoms with van der Waals surface area (Å²) in [5, 5.41) is 0.352. The first kappa shape index (κ1) is 15.5. The summed E-state index contributed by atoms with van der Waals surface area (Å²) in [7, 11) is 1.68. The van der Waals surface area contributed by atoms with E-state index in [1.54, 1.807) is 30.5 Å². The van der Waals surface area contributed by atoms with Crippen LogP contribution in [0, 0.1) is 5.82 Å². The fraction of sp³-hybridized carbons (Fsp3) is 0.353. The predicted octanol–water partition coefficient (Wildman–Crippen LogP) is 4.69. The van der Waals surface area contributed by atoms with Crippen molar-refractivity contribution in [2.75, 3.05) is 7.05 Å². The largest absolute Gasteiger partial charge is 0.337 e. The molecule has 0 unspecified atom stereocenters. The summed E-state index contributed by atoms with van der Waals surface area (Å²) in [6.45, 7) is 0.174. The maximum absolute atomic E-state index is 13.8. The first-order chi connectivity index (χ1) is 10.6. The van der Waals surface area contributed by atoms with Crippen LogP contribution in [-0.2, 0) is 19.4 Å². The van der Waals surface area contributed by atoms with Crippen LogP contribution in [0.2, 0.25) is 5.02 Å². The lowest BCUT2D eigenvalue weighted by Crippen LogP contribution is -2.26. The maximum Gasteiger partial charge on any atom is 0.263 e. The molecule has 0 bridgehead atoms. The molecule has 0 saturated heterocycles. The number of carbonyl (C=O) groups is 1. The Labute approximate surface area is 138 Å². The zero-order valence-electron chi connectivity index (χ0n) is 12.4. The molecular weight excluding hydrogens is 321 g/mol. The van der Waals surface area contributed by atoms with Crippen molar-refractivity contribution >= 4 is 28.8 Å². The quantitative estimate of drug-likeness (QED) is 0.795. The van der Waals surface area contributed by atoms with Crippen LogP contribution in [-0.4, -0.2) is 17.9 Å². The first-order valence-corrected chi connectivity index (χ1v) is 8.55. The van der Waals surface area contributed by atoms with Crippen LogP contribution in [0.3, 0.4) is 0 Å². The molecule has 0 spiro atoms. The molecule has 0 atom stereocenters. The van der Waals surface area contributed by atoms with E-state index >= 15 is 0 Å². The standard InChI is InChI=1S/C17H17ClFNOS/c1-20(10-12-13(18)6-4-7-14(12)19)17(21)16-9-11-5-2-3-8-15(11)22-16/h4,6-7,9H,2-3,5,8,10H2,1H3. The molecule has 2 nitrogen and oxygen atoms in total. The lowest BCUT2D eigenvalue weighted by atomic mass is 9.99. The lowest BCUT2D eigenvalue weighted by Gasteiger charge is -2.17. The fourth-order valence-corrected chi connectivity index (χ4v) is 4.25. The minimum Gasteiger partial charge on any atom is -0.337 e. The van der Waals surface area contributed by atoms with Gasteiger partial charge in [-0.1, -0.05) is 17.7 Å². The predicted molar refractivity (Wildman–Crippen MR) is 88.2 cm³/mol. The van der Waals surface area contributed by atoms with Gasteiger partial charge in [0.15, 0.2) is 0 Å². The number of hydrogen-bond donors (Lipinski definition) is 0. The van der Waals surface area contributed by atoms with Gasteiger partial charge < -0.3 is 4.90 Å². The third-order valence-corrected chi connectivity index (χ3v) is 5.59. The van der Waals surface area contributed by atoms with Gasteiger partial charge >= 0.3 is 0 Å². The molecule has 1 aliphatic carbocycles. The molecule has 5 heteroatoms. The molecule has 1 aromatic heterocycles. The van der Waals surface area contributed by atoms with Gasteiger partial charge in [-0.05, 0) is 49.4 Å². The Balaban J connectivity index is 1.78. The highest BCUT2D eigenvalue weighted by Crippen LogP contribution is 2.30. The zero-order chi connectivity index (χ0) is 15.7. The number of hydrogen-bond acceptors (Lipinski definition) is 2. The molecule has 0 N–H and O–H groups in total. The van der Waals surface area contributed by atoms with Crippen molar-refractivity contribution < 1.29 is 9.18 Å². The minimum atomic E-state index is -0.377. The molecular formula is C17H17ClFNOS. The number of benzene rings is 1. The summed E-state index contributed by atoms with van der Waals surface area (Å²) in [4.78, 5) is 16.2. The summed E-state index contributed by atoms with van der Waals surface area (Å²) >= 11 is 7.60. The van der Waals surface area contributed by atoms with Gasteiger partial charge in [-0.3, -0.25) is 4.79 Å². The number of thiophene rings is 1. The van der Waals surface area contributed by atoms with Crippen LogP contribution in [0.1, 0.15) is 38.5 Å². The van der Waals surface area contributed by atoms with E-state index in [2.05, 4.69) is 0 Å². The number of aryl methyl sites for hydroxylation is 2. The fourth-order valence-electron chi connectivity index (χ4n) is 2.78. The molecule has 0 aliphatic heterocycles. The number of nitrogens with zero attached hydrogens (tertiary/aromatic N) is 1. The van der Waals surface area contributed by atoms with Gasteiger partial charge in [-0.15, -0.1) is 11.3 Å². The Morgan fingerprint density at radius 2 is 2.14 bits per heavy atom. The molecule has 1 amide bonds. The SMILES string of the molecule is CN(Cc1c(F)cccc1Cl)C(=O)c1cc2c(s1)CCCC2. The number of rotatable bonds is 3. The Kier molecular flexibility index (Phi) is 4.50. The highest BCUT2D eigenvalue weighted by atomic mass is 35.5. The lowest BCUT2D eigenvalue weighted by molar-refractivity contribution is 0.0788. The van der Waals surface area contributed by atoms with Crippen molar-refractivity contribution in [3.63, 3.8) is 0 Å². The van der Waals surface area contributed by atoms with Gasteiger partial charge in [0.25, 0.3) is 5.91 Å². The molecule has 0 fully saturated rings. The van der Waals surface area contributed by atoms with Crippen molar-refractivity contribution in [3.05, 3.63) is 56.0 Å². The smallest absolute Gasteiger partial charge is 0.263 e. The van der Waals surface area contributed by atoms with Gasteiger partial charge in [0.1, 0.15) is 5.82 Å². The average molecular weight is 338 g/mol. The summed E-state index contributed by atoms with van der Waals surface area (Å²) in [6.07, 6.45) is 4.51. The van der Waals surface area contributed by atoms with E-state index in [4.69, 9.17) is 11.6 Å². The third kappa shape index (κ3) is 3.03. The van der Waals surface area contributed by atoms with E-state index in [1.807, 2.05) is 6.07 Å². The van der Waals surface area contributed by atoms with Crippen LogP contribution >= 0.6 is 22.9 Å². The molecule has 0 radical (unpaired) electrons. The Morgan fingerprint density at radius 1 is 1.36 bits per heavy atom. The van der Waals surface area contributed by atoms with E-state index in [-0.39, 0.29) is 18.3 Å². The van der Waals surface area contributed by atoms with Crippen LogP contribution < -0.4 is 0 Å².